The van der Waals surface area contributed by atoms with Crippen molar-refractivity contribution in [2.75, 3.05) is 21.3 Å². The van der Waals surface area contributed by atoms with Gasteiger partial charge in [0.2, 0.25) is 0 Å². The van der Waals surface area contributed by atoms with Crippen LogP contribution in [0.3, 0.4) is 0 Å². The third-order valence-corrected chi connectivity index (χ3v) is 5.36. The zero-order chi connectivity index (χ0) is 21.1. The van der Waals surface area contributed by atoms with Crippen LogP contribution in [0.5, 0.6) is 17.2 Å². The van der Waals surface area contributed by atoms with E-state index in [1.54, 1.807) is 21.3 Å². The van der Waals surface area contributed by atoms with Crippen LogP contribution in [0.25, 0.3) is 28.1 Å². The van der Waals surface area contributed by atoms with Crippen molar-refractivity contribution in [3.05, 3.63) is 84.0 Å². The molecule has 0 N–H and O–H groups in total. The van der Waals surface area contributed by atoms with Gasteiger partial charge in [0.15, 0.2) is 0 Å². The molecule has 0 aliphatic heterocycles. The molecule has 0 unspecified atom stereocenters. The first-order valence-electron chi connectivity index (χ1n) is 9.48. The largest absolute Gasteiger partial charge is 0.497 e. The molecular formula is C25H22ClNO3. The van der Waals surface area contributed by atoms with Crippen LogP contribution in [-0.2, 0) is 0 Å². The van der Waals surface area contributed by atoms with E-state index in [2.05, 4.69) is 16.8 Å². The fourth-order valence-electron chi connectivity index (χ4n) is 3.41. The zero-order valence-electron chi connectivity index (χ0n) is 17.1. The van der Waals surface area contributed by atoms with Crippen LogP contribution in [0.15, 0.2) is 79.0 Å². The number of halogens is 1. The first kappa shape index (κ1) is 19.9. The zero-order valence-corrected chi connectivity index (χ0v) is 17.8. The Labute approximate surface area is 181 Å². The molecule has 0 aliphatic carbocycles. The molecule has 152 valence electrons. The first-order chi connectivity index (χ1) is 14.6. The van der Waals surface area contributed by atoms with Crippen molar-refractivity contribution in [2.45, 2.75) is 0 Å². The quantitative estimate of drug-likeness (QED) is 0.358. The van der Waals surface area contributed by atoms with Crippen LogP contribution in [0.2, 0.25) is 5.02 Å². The summed E-state index contributed by atoms with van der Waals surface area (Å²) in [5, 5.41) is 0.641. The smallest absolute Gasteiger partial charge is 0.120 e. The van der Waals surface area contributed by atoms with Gasteiger partial charge in [-0.1, -0.05) is 11.6 Å². The van der Waals surface area contributed by atoms with Crippen molar-refractivity contribution in [3.63, 3.8) is 0 Å². The highest BCUT2D eigenvalue weighted by Crippen LogP contribution is 2.36. The maximum Gasteiger partial charge on any atom is 0.120 e. The van der Waals surface area contributed by atoms with Gasteiger partial charge in [0.05, 0.1) is 32.0 Å². The lowest BCUT2D eigenvalue weighted by atomic mass is 10.1. The summed E-state index contributed by atoms with van der Waals surface area (Å²) < 4.78 is 18.0. The maximum absolute atomic E-state index is 6.55. The Bertz CT molecular complexity index is 1080. The minimum Gasteiger partial charge on any atom is -0.497 e. The lowest BCUT2D eigenvalue weighted by molar-refractivity contribution is 0.414. The summed E-state index contributed by atoms with van der Waals surface area (Å²) in [6.45, 7) is 0. The molecule has 0 radical (unpaired) electrons. The fraction of sp³-hybridized carbons (Fsp3) is 0.120. The van der Waals surface area contributed by atoms with Crippen molar-refractivity contribution in [2.24, 2.45) is 0 Å². The molecule has 4 rings (SSSR count). The molecule has 5 heteroatoms. The lowest BCUT2D eigenvalue weighted by Gasteiger charge is -2.11. The molecule has 30 heavy (non-hydrogen) atoms. The summed E-state index contributed by atoms with van der Waals surface area (Å²) in [5.41, 5.74) is 5.11. The number of methoxy groups -OCH3 is 3. The highest BCUT2D eigenvalue weighted by molar-refractivity contribution is 6.33. The SMILES string of the molecule is COc1ccc(-c2cc(-c3ccc(OC)cc3Cl)cn2-c2ccc(OC)cc2)cc1. The standard InChI is InChI=1S/C25H22ClNO3/c1-28-20-8-4-17(5-9-20)25-14-18(23-13-12-22(30-3)15-24(23)26)16-27(25)19-6-10-21(29-2)11-7-19/h4-16H,1-3H3. The van der Waals surface area contributed by atoms with Gasteiger partial charge < -0.3 is 18.8 Å². The molecule has 0 spiro atoms. The third kappa shape index (κ3) is 3.87. The maximum atomic E-state index is 6.55. The molecule has 4 aromatic rings. The van der Waals surface area contributed by atoms with E-state index in [4.69, 9.17) is 25.8 Å². The molecule has 0 amide bonds. The second-order valence-corrected chi connectivity index (χ2v) is 7.16. The Morgan fingerprint density at radius 3 is 1.77 bits per heavy atom. The number of hydrogen-bond donors (Lipinski definition) is 0. The Balaban J connectivity index is 1.85. The van der Waals surface area contributed by atoms with Gasteiger partial charge in [-0.2, -0.15) is 0 Å². The van der Waals surface area contributed by atoms with Crippen molar-refractivity contribution in [1.29, 1.82) is 0 Å². The van der Waals surface area contributed by atoms with Gasteiger partial charge in [-0.3, -0.25) is 0 Å². The first-order valence-corrected chi connectivity index (χ1v) is 9.86. The molecule has 0 atom stereocenters. The number of rotatable bonds is 6. The second kappa shape index (κ2) is 8.56. The molecule has 0 saturated carbocycles. The Morgan fingerprint density at radius 2 is 1.20 bits per heavy atom. The number of ether oxygens (including phenoxy) is 3. The van der Waals surface area contributed by atoms with Gasteiger partial charge in [0.1, 0.15) is 17.2 Å². The Hall–Kier alpha value is -3.37. The van der Waals surface area contributed by atoms with E-state index in [9.17, 15) is 0 Å². The van der Waals surface area contributed by atoms with Crippen LogP contribution in [0.1, 0.15) is 0 Å². The monoisotopic (exact) mass is 419 g/mol. The van der Waals surface area contributed by atoms with Gasteiger partial charge in [0.25, 0.3) is 0 Å². The lowest BCUT2D eigenvalue weighted by Crippen LogP contribution is -1.95. The Morgan fingerprint density at radius 1 is 0.633 bits per heavy atom. The van der Waals surface area contributed by atoms with E-state index in [1.807, 2.05) is 66.7 Å². The van der Waals surface area contributed by atoms with Crippen LogP contribution in [0, 0.1) is 0 Å². The molecular weight excluding hydrogens is 398 g/mol. The highest BCUT2D eigenvalue weighted by Gasteiger charge is 2.14. The highest BCUT2D eigenvalue weighted by atomic mass is 35.5. The van der Waals surface area contributed by atoms with Gasteiger partial charge in [0, 0.05) is 23.0 Å². The molecule has 1 aromatic heterocycles. The number of benzene rings is 3. The van der Waals surface area contributed by atoms with Crippen LogP contribution in [-0.4, -0.2) is 25.9 Å². The van der Waals surface area contributed by atoms with E-state index < -0.39 is 0 Å². The second-order valence-electron chi connectivity index (χ2n) is 6.76. The normalized spacial score (nSPS) is 10.7. The molecule has 4 nitrogen and oxygen atoms in total. The third-order valence-electron chi connectivity index (χ3n) is 5.04. The Kier molecular flexibility index (Phi) is 5.68. The van der Waals surface area contributed by atoms with E-state index in [0.29, 0.717) is 5.02 Å². The van der Waals surface area contributed by atoms with Crippen molar-refractivity contribution in [3.8, 4) is 45.3 Å². The summed E-state index contributed by atoms with van der Waals surface area (Å²) >= 11 is 6.55. The summed E-state index contributed by atoms with van der Waals surface area (Å²) in [6, 6.07) is 23.8. The van der Waals surface area contributed by atoms with Crippen LogP contribution >= 0.6 is 11.6 Å². The van der Waals surface area contributed by atoms with E-state index in [1.165, 1.54) is 0 Å². The molecule has 0 fully saturated rings. The van der Waals surface area contributed by atoms with Crippen LogP contribution in [0.4, 0.5) is 0 Å². The average Bonchev–Trinajstić information content (AvgIpc) is 3.24. The van der Waals surface area contributed by atoms with E-state index in [0.717, 1.165) is 45.3 Å². The summed E-state index contributed by atoms with van der Waals surface area (Å²) in [7, 11) is 4.96. The van der Waals surface area contributed by atoms with Gasteiger partial charge in [-0.05, 0) is 78.4 Å². The van der Waals surface area contributed by atoms with E-state index in [-0.39, 0.29) is 0 Å². The number of aromatic nitrogens is 1. The van der Waals surface area contributed by atoms with Gasteiger partial charge in [-0.15, -0.1) is 0 Å². The molecule has 1 heterocycles. The van der Waals surface area contributed by atoms with Crippen molar-refractivity contribution >= 4 is 11.6 Å². The topological polar surface area (TPSA) is 32.6 Å². The fourth-order valence-corrected chi connectivity index (χ4v) is 3.69. The van der Waals surface area contributed by atoms with Crippen molar-refractivity contribution in [1.82, 2.24) is 4.57 Å². The molecule has 0 bridgehead atoms. The average molecular weight is 420 g/mol. The molecule has 0 aliphatic rings. The summed E-state index contributed by atoms with van der Waals surface area (Å²) in [4.78, 5) is 0. The number of hydrogen-bond acceptors (Lipinski definition) is 3. The van der Waals surface area contributed by atoms with Crippen molar-refractivity contribution < 1.29 is 14.2 Å². The minimum absolute atomic E-state index is 0.641. The molecule has 3 aromatic carbocycles. The molecule has 0 saturated heterocycles. The summed E-state index contributed by atoms with van der Waals surface area (Å²) in [6.07, 6.45) is 2.09. The van der Waals surface area contributed by atoms with E-state index >= 15 is 0 Å². The predicted molar refractivity (Wildman–Crippen MR) is 121 cm³/mol. The predicted octanol–water partition coefficient (Wildman–Crippen LogP) is 6.49. The summed E-state index contributed by atoms with van der Waals surface area (Å²) in [5.74, 6) is 2.36. The minimum atomic E-state index is 0.641. The van der Waals surface area contributed by atoms with Gasteiger partial charge in [-0.25, -0.2) is 0 Å². The van der Waals surface area contributed by atoms with Crippen LogP contribution < -0.4 is 14.2 Å². The van der Waals surface area contributed by atoms with Gasteiger partial charge >= 0.3 is 0 Å². The number of nitrogens with zero attached hydrogens (tertiary/aromatic N) is 1.